The Balaban J connectivity index is 0.00000306. The molecule has 1 aliphatic rings. The van der Waals surface area contributed by atoms with Crippen LogP contribution in [0.3, 0.4) is 0 Å². The van der Waals surface area contributed by atoms with Gasteiger partial charge in [-0.25, -0.2) is 4.68 Å². The van der Waals surface area contributed by atoms with Crippen LogP contribution < -0.4 is 10.6 Å². The molecule has 0 bridgehead atoms. The highest BCUT2D eigenvalue weighted by atomic mass is 127. The van der Waals surface area contributed by atoms with E-state index in [0.717, 1.165) is 48.4 Å². The molecule has 1 fully saturated rings. The quantitative estimate of drug-likeness (QED) is 0.251. The van der Waals surface area contributed by atoms with Crippen molar-refractivity contribution in [3.8, 4) is 5.69 Å². The van der Waals surface area contributed by atoms with Crippen molar-refractivity contribution >= 4 is 29.9 Å². The van der Waals surface area contributed by atoms with Gasteiger partial charge >= 0.3 is 0 Å². The Morgan fingerprint density at radius 1 is 1.06 bits per heavy atom. The fourth-order valence-electron chi connectivity index (χ4n) is 4.46. The third-order valence-corrected chi connectivity index (χ3v) is 6.26. The number of aliphatic imine (C=N–C) groups is 1. The van der Waals surface area contributed by atoms with Crippen LogP contribution in [-0.2, 0) is 6.54 Å². The number of hydrogen-bond donors (Lipinski definition) is 2. The molecule has 1 atom stereocenters. The molecule has 2 N–H and O–H groups in total. The molecule has 1 saturated heterocycles. The zero-order chi connectivity index (χ0) is 22.3. The Kier molecular flexibility index (Phi) is 9.37. The largest absolute Gasteiger partial charge is 0.468 e. The molecule has 0 amide bonds. The van der Waals surface area contributed by atoms with E-state index < -0.39 is 0 Å². The van der Waals surface area contributed by atoms with E-state index in [0.29, 0.717) is 6.54 Å². The summed E-state index contributed by atoms with van der Waals surface area (Å²) >= 11 is 0. The second kappa shape index (κ2) is 12.2. The van der Waals surface area contributed by atoms with Gasteiger partial charge in [-0.1, -0.05) is 24.6 Å². The first-order valence-corrected chi connectivity index (χ1v) is 11.5. The van der Waals surface area contributed by atoms with Gasteiger partial charge < -0.3 is 15.1 Å². The number of benzene rings is 1. The molecule has 1 aliphatic heterocycles. The number of piperidine rings is 1. The van der Waals surface area contributed by atoms with Crippen molar-refractivity contribution in [3.05, 3.63) is 71.4 Å². The van der Waals surface area contributed by atoms with Crippen LogP contribution in [0.1, 0.15) is 48.0 Å². The molecule has 7 nitrogen and oxygen atoms in total. The minimum atomic E-state index is 0. The van der Waals surface area contributed by atoms with Gasteiger partial charge in [-0.05, 0) is 64.0 Å². The number of furan rings is 1. The standard InChI is InChI=1S/C25H34N6O.HI/c1-19-22(20(2)31(29-19)21-11-6-4-7-12-21)17-27-25(26-3)28-18-23(24-13-10-16-32-24)30-14-8-5-9-15-30;/h4,6-7,10-13,16,23H,5,8-9,14-15,17-18H2,1-3H3,(H2,26,27,28);1H. The summed E-state index contributed by atoms with van der Waals surface area (Å²) in [5.74, 6) is 1.79. The maximum atomic E-state index is 5.77. The van der Waals surface area contributed by atoms with Gasteiger partial charge in [0, 0.05) is 31.4 Å². The van der Waals surface area contributed by atoms with E-state index >= 15 is 0 Å². The van der Waals surface area contributed by atoms with Crippen molar-refractivity contribution in [1.29, 1.82) is 0 Å². The Morgan fingerprint density at radius 2 is 1.82 bits per heavy atom. The lowest BCUT2D eigenvalue weighted by Gasteiger charge is -2.33. The third kappa shape index (κ3) is 6.17. The SMILES string of the molecule is CN=C(NCc1c(C)nn(-c2ccccc2)c1C)NCC(c1ccco1)N1CCCCC1.I. The second-order valence-corrected chi connectivity index (χ2v) is 8.33. The van der Waals surface area contributed by atoms with E-state index in [1.54, 1.807) is 6.26 Å². The molecule has 0 aliphatic carbocycles. The number of aromatic nitrogens is 2. The Hall–Kier alpha value is -2.33. The number of guanidine groups is 1. The maximum absolute atomic E-state index is 5.77. The fraction of sp³-hybridized carbons (Fsp3) is 0.440. The van der Waals surface area contributed by atoms with Crippen LogP contribution in [0.25, 0.3) is 5.69 Å². The molecule has 0 spiro atoms. The summed E-state index contributed by atoms with van der Waals surface area (Å²) in [5.41, 5.74) is 4.43. The molecule has 8 heteroatoms. The van der Waals surface area contributed by atoms with Gasteiger partial charge in [0.15, 0.2) is 5.96 Å². The summed E-state index contributed by atoms with van der Waals surface area (Å²) < 4.78 is 7.77. The summed E-state index contributed by atoms with van der Waals surface area (Å²) in [6, 6.07) is 14.5. The van der Waals surface area contributed by atoms with Crippen LogP contribution in [0.4, 0.5) is 0 Å². The van der Waals surface area contributed by atoms with Crippen molar-refractivity contribution < 1.29 is 4.42 Å². The van der Waals surface area contributed by atoms with Crippen LogP contribution >= 0.6 is 24.0 Å². The highest BCUT2D eigenvalue weighted by molar-refractivity contribution is 14.0. The third-order valence-electron chi connectivity index (χ3n) is 6.26. The Bertz CT molecular complexity index is 1010. The van der Waals surface area contributed by atoms with Crippen LogP contribution in [0.2, 0.25) is 0 Å². The first-order chi connectivity index (χ1) is 15.7. The van der Waals surface area contributed by atoms with Crippen molar-refractivity contribution in [3.63, 3.8) is 0 Å². The fourth-order valence-corrected chi connectivity index (χ4v) is 4.46. The van der Waals surface area contributed by atoms with Gasteiger partial charge in [0.1, 0.15) is 5.76 Å². The molecule has 3 aromatic rings. The molecular formula is C25H35IN6O. The van der Waals surface area contributed by atoms with Gasteiger partial charge in [0.05, 0.1) is 23.7 Å². The number of aryl methyl sites for hydroxylation is 1. The average molecular weight is 563 g/mol. The summed E-state index contributed by atoms with van der Waals surface area (Å²) in [5, 5.41) is 11.7. The number of para-hydroxylation sites is 1. The van der Waals surface area contributed by atoms with Crippen molar-refractivity contribution in [1.82, 2.24) is 25.3 Å². The minimum absolute atomic E-state index is 0. The summed E-state index contributed by atoms with van der Waals surface area (Å²) in [6.45, 7) is 7.80. The first kappa shape index (κ1) is 25.3. The molecule has 1 unspecified atom stereocenters. The number of nitrogens with one attached hydrogen (secondary N) is 2. The average Bonchev–Trinajstić information content (AvgIpc) is 3.46. The highest BCUT2D eigenvalue weighted by Crippen LogP contribution is 2.24. The molecule has 178 valence electrons. The van der Waals surface area contributed by atoms with E-state index in [1.807, 2.05) is 36.0 Å². The van der Waals surface area contributed by atoms with Gasteiger partial charge in [-0.3, -0.25) is 9.89 Å². The summed E-state index contributed by atoms with van der Waals surface area (Å²) in [4.78, 5) is 6.96. The van der Waals surface area contributed by atoms with Crippen LogP contribution in [-0.4, -0.2) is 47.3 Å². The lowest BCUT2D eigenvalue weighted by Crippen LogP contribution is -2.44. The topological polar surface area (TPSA) is 70.6 Å². The molecule has 3 heterocycles. The monoisotopic (exact) mass is 562 g/mol. The van der Waals surface area contributed by atoms with Crippen LogP contribution in [0, 0.1) is 13.8 Å². The lowest BCUT2D eigenvalue weighted by molar-refractivity contribution is 0.146. The molecule has 2 aromatic heterocycles. The molecular weight excluding hydrogens is 527 g/mol. The number of rotatable bonds is 7. The molecule has 1 aromatic carbocycles. The number of nitrogens with zero attached hydrogens (tertiary/aromatic N) is 4. The molecule has 0 saturated carbocycles. The minimum Gasteiger partial charge on any atom is -0.468 e. The van der Waals surface area contributed by atoms with Gasteiger partial charge in [-0.2, -0.15) is 5.10 Å². The van der Waals surface area contributed by atoms with E-state index in [4.69, 9.17) is 9.52 Å². The molecule has 4 rings (SSSR count). The molecule has 0 radical (unpaired) electrons. The number of hydrogen-bond acceptors (Lipinski definition) is 4. The van der Waals surface area contributed by atoms with Gasteiger partial charge in [0.25, 0.3) is 0 Å². The summed E-state index contributed by atoms with van der Waals surface area (Å²) in [7, 11) is 1.81. The maximum Gasteiger partial charge on any atom is 0.191 e. The predicted molar refractivity (Wildman–Crippen MR) is 144 cm³/mol. The van der Waals surface area contributed by atoms with Crippen molar-refractivity contribution in [2.75, 3.05) is 26.7 Å². The van der Waals surface area contributed by atoms with Crippen molar-refractivity contribution in [2.45, 2.75) is 45.7 Å². The van der Waals surface area contributed by atoms with Crippen LogP contribution in [0.5, 0.6) is 0 Å². The number of halogens is 1. The number of likely N-dealkylation sites (tertiary alicyclic amines) is 1. The predicted octanol–water partition coefficient (Wildman–Crippen LogP) is 4.59. The van der Waals surface area contributed by atoms with Crippen LogP contribution in [0.15, 0.2) is 58.1 Å². The second-order valence-electron chi connectivity index (χ2n) is 8.33. The Labute approximate surface area is 213 Å². The van der Waals surface area contributed by atoms with Gasteiger partial charge in [0.2, 0.25) is 0 Å². The van der Waals surface area contributed by atoms with Crippen molar-refractivity contribution in [2.24, 2.45) is 4.99 Å². The highest BCUT2D eigenvalue weighted by Gasteiger charge is 2.24. The lowest BCUT2D eigenvalue weighted by atomic mass is 10.1. The van der Waals surface area contributed by atoms with E-state index in [-0.39, 0.29) is 30.0 Å². The molecule has 33 heavy (non-hydrogen) atoms. The van der Waals surface area contributed by atoms with E-state index in [1.165, 1.54) is 24.8 Å². The first-order valence-electron chi connectivity index (χ1n) is 11.5. The van der Waals surface area contributed by atoms with E-state index in [2.05, 4.69) is 52.6 Å². The smallest absolute Gasteiger partial charge is 0.191 e. The zero-order valence-electron chi connectivity index (χ0n) is 19.8. The summed E-state index contributed by atoms with van der Waals surface area (Å²) in [6.07, 6.45) is 5.56. The zero-order valence-corrected chi connectivity index (χ0v) is 22.1. The Morgan fingerprint density at radius 3 is 2.48 bits per heavy atom. The van der Waals surface area contributed by atoms with Gasteiger partial charge in [-0.15, -0.1) is 24.0 Å². The normalized spacial score (nSPS) is 15.7. The van der Waals surface area contributed by atoms with E-state index in [9.17, 15) is 0 Å².